The highest BCUT2D eigenvalue weighted by atomic mass is 16.5. The van der Waals surface area contributed by atoms with Crippen LogP contribution in [0, 0.1) is 0 Å². The average Bonchev–Trinajstić information content (AvgIpc) is 2.53. The number of nitrogens with zero attached hydrogens (tertiary/aromatic N) is 2. The lowest BCUT2D eigenvalue weighted by Crippen LogP contribution is -2.48. The van der Waals surface area contributed by atoms with E-state index >= 15 is 0 Å². The fourth-order valence-corrected chi connectivity index (χ4v) is 2.37. The van der Waals surface area contributed by atoms with Gasteiger partial charge in [0, 0.05) is 39.0 Å². The summed E-state index contributed by atoms with van der Waals surface area (Å²) in [6.07, 6.45) is 0.701. The van der Waals surface area contributed by atoms with E-state index in [-0.39, 0.29) is 6.09 Å². The molecule has 5 heteroatoms. The monoisotopic (exact) mass is 278 g/mol. The zero-order valence-electron chi connectivity index (χ0n) is 12.2. The number of anilines is 1. The topological polar surface area (TPSA) is 42.0 Å². The predicted molar refractivity (Wildman–Crippen MR) is 78.2 cm³/mol. The van der Waals surface area contributed by atoms with Crippen molar-refractivity contribution < 1.29 is 14.3 Å². The Morgan fingerprint density at radius 3 is 2.30 bits per heavy atom. The van der Waals surface area contributed by atoms with E-state index in [9.17, 15) is 4.79 Å². The van der Waals surface area contributed by atoms with Crippen LogP contribution in [-0.2, 0) is 15.9 Å². The molecule has 1 saturated heterocycles. The third-order valence-electron chi connectivity index (χ3n) is 3.61. The second-order valence-corrected chi connectivity index (χ2v) is 4.85. The maximum Gasteiger partial charge on any atom is 0.409 e. The molecular formula is C15H22N2O3. The quantitative estimate of drug-likeness (QED) is 0.841. The van der Waals surface area contributed by atoms with Crippen molar-refractivity contribution in [3.8, 4) is 0 Å². The van der Waals surface area contributed by atoms with Crippen LogP contribution in [0.15, 0.2) is 24.3 Å². The van der Waals surface area contributed by atoms with Crippen molar-refractivity contribution in [3.63, 3.8) is 0 Å². The van der Waals surface area contributed by atoms with E-state index in [0.717, 1.165) is 26.1 Å². The Morgan fingerprint density at radius 2 is 1.75 bits per heavy atom. The summed E-state index contributed by atoms with van der Waals surface area (Å²) in [6, 6.07) is 8.56. The standard InChI is InChI=1S/C15H22N2O3/c1-19-12-7-13-3-5-14(6-4-13)16-8-10-17(11-9-16)15(18)20-2/h3-6H,7-12H2,1-2H3. The van der Waals surface area contributed by atoms with E-state index in [1.54, 1.807) is 12.0 Å². The Balaban J connectivity index is 1.88. The van der Waals surface area contributed by atoms with Crippen LogP contribution < -0.4 is 4.90 Å². The van der Waals surface area contributed by atoms with E-state index in [4.69, 9.17) is 9.47 Å². The minimum atomic E-state index is -0.237. The summed E-state index contributed by atoms with van der Waals surface area (Å²) in [5.74, 6) is 0. The Hall–Kier alpha value is -1.75. The molecular weight excluding hydrogens is 256 g/mol. The number of hydrogen-bond donors (Lipinski definition) is 0. The lowest BCUT2D eigenvalue weighted by molar-refractivity contribution is 0.121. The minimum absolute atomic E-state index is 0.237. The number of ether oxygens (including phenoxy) is 2. The summed E-state index contributed by atoms with van der Waals surface area (Å²) in [7, 11) is 3.14. The lowest BCUT2D eigenvalue weighted by atomic mass is 10.1. The highest BCUT2D eigenvalue weighted by Crippen LogP contribution is 2.18. The SMILES string of the molecule is COCCc1ccc(N2CCN(C(=O)OC)CC2)cc1. The number of hydrogen-bond acceptors (Lipinski definition) is 4. The van der Waals surface area contributed by atoms with Crippen LogP contribution >= 0.6 is 0 Å². The van der Waals surface area contributed by atoms with Crippen LogP contribution in [-0.4, -0.2) is 58.0 Å². The van der Waals surface area contributed by atoms with E-state index in [1.807, 2.05) is 0 Å². The first-order valence-corrected chi connectivity index (χ1v) is 6.90. The van der Waals surface area contributed by atoms with Gasteiger partial charge in [-0.1, -0.05) is 12.1 Å². The molecule has 1 fully saturated rings. The van der Waals surface area contributed by atoms with Gasteiger partial charge in [-0.05, 0) is 24.1 Å². The molecule has 1 aliphatic rings. The maximum absolute atomic E-state index is 11.4. The largest absolute Gasteiger partial charge is 0.453 e. The molecule has 1 aliphatic heterocycles. The molecule has 0 bridgehead atoms. The Kier molecular flexibility index (Phi) is 5.24. The number of benzene rings is 1. The van der Waals surface area contributed by atoms with Crippen molar-refractivity contribution in [2.75, 3.05) is 51.9 Å². The third kappa shape index (κ3) is 3.63. The zero-order chi connectivity index (χ0) is 14.4. The second kappa shape index (κ2) is 7.14. The predicted octanol–water partition coefficient (Wildman–Crippen LogP) is 1.76. The number of carbonyl (C=O) groups excluding carboxylic acids is 1. The molecule has 0 aliphatic carbocycles. The lowest BCUT2D eigenvalue weighted by Gasteiger charge is -2.35. The fraction of sp³-hybridized carbons (Fsp3) is 0.533. The van der Waals surface area contributed by atoms with Crippen LogP contribution in [0.1, 0.15) is 5.56 Å². The van der Waals surface area contributed by atoms with Gasteiger partial charge < -0.3 is 19.3 Å². The molecule has 20 heavy (non-hydrogen) atoms. The Morgan fingerprint density at radius 1 is 1.10 bits per heavy atom. The van der Waals surface area contributed by atoms with Gasteiger partial charge in [0.15, 0.2) is 0 Å². The summed E-state index contributed by atoms with van der Waals surface area (Å²) >= 11 is 0. The summed E-state index contributed by atoms with van der Waals surface area (Å²) in [5, 5.41) is 0. The van der Waals surface area contributed by atoms with Crippen LogP contribution in [0.4, 0.5) is 10.5 Å². The molecule has 0 aromatic heterocycles. The molecule has 1 heterocycles. The molecule has 0 N–H and O–H groups in total. The van der Waals surface area contributed by atoms with Gasteiger partial charge in [0.1, 0.15) is 0 Å². The molecule has 0 unspecified atom stereocenters. The molecule has 0 atom stereocenters. The number of amides is 1. The van der Waals surface area contributed by atoms with Crippen LogP contribution in [0.3, 0.4) is 0 Å². The maximum atomic E-state index is 11.4. The van der Waals surface area contributed by atoms with Crippen molar-refractivity contribution in [2.45, 2.75) is 6.42 Å². The van der Waals surface area contributed by atoms with Crippen molar-refractivity contribution in [2.24, 2.45) is 0 Å². The minimum Gasteiger partial charge on any atom is -0.453 e. The van der Waals surface area contributed by atoms with Crippen molar-refractivity contribution in [1.29, 1.82) is 0 Å². The third-order valence-corrected chi connectivity index (χ3v) is 3.61. The number of methoxy groups -OCH3 is 2. The Bertz CT molecular complexity index is 425. The summed E-state index contributed by atoms with van der Waals surface area (Å²) in [6.45, 7) is 3.84. The molecule has 2 rings (SSSR count). The molecule has 0 radical (unpaired) electrons. The average molecular weight is 278 g/mol. The first-order chi connectivity index (χ1) is 9.74. The van der Waals surface area contributed by atoms with Gasteiger partial charge in [-0.25, -0.2) is 4.79 Å². The summed E-state index contributed by atoms with van der Waals surface area (Å²) in [4.78, 5) is 15.5. The van der Waals surface area contributed by atoms with Gasteiger partial charge >= 0.3 is 6.09 Å². The molecule has 5 nitrogen and oxygen atoms in total. The summed E-state index contributed by atoms with van der Waals surface area (Å²) < 4.78 is 9.82. The number of piperazine rings is 1. The van der Waals surface area contributed by atoms with Crippen molar-refractivity contribution in [1.82, 2.24) is 4.90 Å². The first kappa shape index (κ1) is 14.7. The second-order valence-electron chi connectivity index (χ2n) is 4.85. The number of carbonyl (C=O) groups is 1. The van der Waals surface area contributed by atoms with Gasteiger partial charge in [0.05, 0.1) is 13.7 Å². The van der Waals surface area contributed by atoms with E-state index in [2.05, 4.69) is 29.2 Å². The van der Waals surface area contributed by atoms with Crippen LogP contribution in [0.5, 0.6) is 0 Å². The smallest absolute Gasteiger partial charge is 0.409 e. The zero-order valence-corrected chi connectivity index (χ0v) is 12.2. The first-order valence-electron chi connectivity index (χ1n) is 6.90. The fourth-order valence-electron chi connectivity index (χ4n) is 2.37. The van der Waals surface area contributed by atoms with Gasteiger partial charge in [-0.2, -0.15) is 0 Å². The molecule has 0 saturated carbocycles. The van der Waals surface area contributed by atoms with Gasteiger partial charge in [0.25, 0.3) is 0 Å². The van der Waals surface area contributed by atoms with Crippen LogP contribution in [0.25, 0.3) is 0 Å². The van der Waals surface area contributed by atoms with Crippen LogP contribution in [0.2, 0.25) is 0 Å². The Labute approximate surface area is 120 Å². The highest BCUT2D eigenvalue weighted by molar-refractivity contribution is 5.68. The van der Waals surface area contributed by atoms with E-state index in [0.29, 0.717) is 13.1 Å². The molecule has 1 aromatic carbocycles. The molecule has 110 valence electrons. The van der Waals surface area contributed by atoms with Gasteiger partial charge in [-0.15, -0.1) is 0 Å². The summed E-state index contributed by atoms with van der Waals surface area (Å²) in [5.41, 5.74) is 2.49. The van der Waals surface area contributed by atoms with E-state index < -0.39 is 0 Å². The normalized spacial score (nSPS) is 15.3. The molecule has 1 amide bonds. The van der Waals surface area contributed by atoms with E-state index in [1.165, 1.54) is 18.4 Å². The van der Waals surface area contributed by atoms with Crippen molar-refractivity contribution >= 4 is 11.8 Å². The highest BCUT2D eigenvalue weighted by Gasteiger charge is 2.21. The van der Waals surface area contributed by atoms with Gasteiger partial charge in [-0.3, -0.25) is 0 Å². The number of rotatable bonds is 4. The molecule has 1 aromatic rings. The van der Waals surface area contributed by atoms with Gasteiger partial charge in [0.2, 0.25) is 0 Å². The van der Waals surface area contributed by atoms with Crippen molar-refractivity contribution in [3.05, 3.63) is 29.8 Å². The molecule has 0 spiro atoms.